The summed E-state index contributed by atoms with van der Waals surface area (Å²) >= 11 is 0. The molecule has 3 aliphatic heterocycles. The van der Waals surface area contributed by atoms with E-state index in [1.54, 1.807) is 12.0 Å². The van der Waals surface area contributed by atoms with Gasteiger partial charge in [0.05, 0.1) is 19.2 Å². The minimum Gasteiger partial charge on any atom is -0.497 e. The third-order valence-corrected chi connectivity index (χ3v) is 9.22. The van der Waals surface area contributed by atoms with Crippen LogP contribution in [0.15, 0.2) is 48.5 Å². The Hall–Kier alpha value is -3.24. The molecule has 3 heterocycles. The van der Waals surface area contributed by atoms with Crippen molar-refractivity contribution < 1.29 is 23.1 Å². The zero-order chi connectivity index (χ0) is 27.9. The molecule has 1 aliphatic carbocycles. The molecule has 4 fully saturated rings. The molecular formula is C30H37F2N5O3. The Kier molecular flexibility index (Phi) is 7.16. The van der Waals surface area contributed by atoms with Crippen LogP contribution in [0.2, 0.25) is 0 Å². The molecule has 0 bridgehead atoms. The van der Waals surface area contributed by atoms with Crippen molar-refractivity contribution in [3.05, 3.63) is 59.7 Å². The Morgan fingerprint density at radius 1 is 1.05 bits per heavy atom. The van der Waals surface area contributed by atoms with Crippen LogP contribution in [0.4, 0.5) is 19.3 Å². The average molecular weight is 554 g/mol. The van der Waals surface area contributed by atoms with Gasteiger partial charge in [0.2, 0.25) is 11.8 Å². The predicted molar refractivity (Wildman–Crippen MR) is 147 cm³/mol. The number of halogens is 2. The minimum atomic E-state index is -2.75. The number of benzene rings is 2. The van der Waals surface area contributed by atoms with E-state index in [4.69, 9.17) is 4.74 Å². The molecular weight excluding hydrogens is 516 g/mol. The molecule has 0 radical (unpaired) electrons. The molecule has 0 aromatic heterocycles. The summed E-state index contributed by atoms with van der Waals surface area (Å²) in [4.78, 5) is 32.7. The highest BCUT2D eigenvalue weighted by atomic mass is 19.3. The monoisotopic (exact) mass is 553 g/mol. The summed E-state index contributed by atoms with van der Waals surface area (Å²) in [5, 5.41) is 0. The van der Waals surface area contributed by atoms with Gasteiger partial charge in [0.25, 0.3) is 0 Å². The molecule has 1 atom stereocenters. The number of nitrogens with one attached hydrogen (secondary N) is 2. The fraction of sp³-hybridized carbons (Fsp3) is 0.533. The highest BCUT2D eigenvalue weighted by molar-refractivity contribution is 5.95. The van der Waals surface area contributed by atoms with Gasteiger partial charge in [-0.25, -0.2) is 13.6 Å². The van der Waals surface area contributed by atoms with Crippen LogP contribution < -0.4 is 20.5 Å². The molecule has 2 aromatic carbocycles. The van der Waals surface area contributed by atoms with Gasteiger partial charge in [0.15, 0.2) is 0 Å². The number of carbonyl (C=O) groups is 2. The summed E-state index contributed by atoms with van der Waals surface area (Å²) in [6, 6.07) is 15.9. The summed E-state index contributed by atoms with van der Waals surface area (Å²) in [7, 11) is 1.62. The number of likely N-dealkylation sites (tertiary alicyclic amines) is 1. The van der Waals surface area contributed by atoms with Crippen molar-refractivity contribution in [2.24, 2.45) is 5.92 Å². The van der Waals surface area contributed by atoms with Gasteiger partial charge < -0.3 is 14.5 Å². The number of anilines is 1. The summed E-state index contributed by atoms with van der Waals surface area (Å²) < 4.78 is 33.0. The molecule has 3 amide bonds. The van der Waals surface area contributed by atoms with Crippen molar-refractivity contribution in [3.8, 4) is 5.75 Å². The molecule has 1 saturated carbocycles. The van der Waals surface area contributed by atoms with Crippen molar-refractivity contribution in [2.45, 2.75) is 56.0 Å². The quantitative estimate of drug-likeness (QED) is 0.563. The summed E-state index contributed by atoms with van der Waals surface area (Å²) in [6.45, 7) is 3.59. The number of amides is 3. The number of carbonyl (C=O) groups excluding carboxylic acids is 2. The number of hydrazine groups is 1. The van der Waals surface area contributed by atoms with E-state index in [1.165, 1.54) is 5.56 Å². The third-order valence-electron chi connectivity index (χ3n) is 9.22. The lowest BCUT2D eigenvalue weighted by Crippen LogP contribution is -2.55. The van der Waals surface area contributed by atoms with Crippen LogP contribution in [0.3, 0.4) is 0 Å². The van der Waals surface area contributed by atoms with Gasteiger partial charge in [-0.3, -0.25) is 20.5 Å². The fourth-order valence-electron chi connectivity index (χ4n) is 6.80. The van der Waals surface area contributed by atoms with Crippen LogP contribution in [0.5, 0.6) is 5.75 Å². The van der Waals surface area contributed by atoms with Crippen molar-refractivity contribution in [3.63, 3.8) is 0 Å². The molecule has 3 saturated heterocycles. The van der Waals surface area contributed by atoms with Crippen LogP contribution in [0, 0.1) is 5.92 Å². The van der Waals surface area contributed by atoms with E-state index in [-0.39, 0.29) is 31.2 Å². The number of rotatable bonds is 6. The van der Waals surface area contributed by atoms with Gasteiger partial charge in [-0.1, -0.05) is 24.3 Å². The van der Waals surface area contributed by atoms with E-state index in [0.717, 1.165) is 30.1 Å². The number of ether oxygens (including phenoxy) is 1. The number of piperidine rings is 1. The number of nitrogens with zero attached hydrogens (tertiary/aromatic N) is 3. The molecule has 2 aromatic rings. The first-order valence-corrected chi connectivity index (χ1v) is 14.2. The Morgan fingerprint density at radius 3 is 2.42 bits per heavy atom. The van der Waals surface area contributed by atoms with Gasteiger partial charge in [-0.15, -0.1) is 0 Å². The Morgan fingerprint density at radius 2 is 1.77 bits per heavy atom. The molecule has 6 rings (SSSR count). The topological polar surface area (TPSA) is 77.2 Å². The smallest absolute Gasteiger partial charge is 0.325 e. The summed E-state index contributed by atoms with van der Waals surface area (Å²) in [5.74, 6) is -2.40. The lowest BCUT2D eigenvalue weighted by Gasteiger charge is -2.44. The third kappa shape index (κ3) is 5.14. The summed E-state index contributed by atoms with van der Waals surface area (Å²) in [5.41, 5.74) is 8.90. The maximum absolute atomic E-state index is 14.0. The molecule has 10 heteroatoms. The van der Waals surface area contributed by atoms with Gasteiger partial charge >= 0.3 is 6.03 Å². The first-order valence-electron chi connectivity index (χ1n) is 14.2. The van der Waals surface area contributed by atoms with Crippen molar-refractivity contribution in [1.82, 2.24) is 20.7 Å². The molecule has 2 N–H and O–H groups in total. The van der Waals surface area contributed by atoms with Crippen LogP contribution in [-0.4, -0.2) is 73.0 Å². The van der Waals surface area contributed by atoms with Crippen molar-refractivity contribution >= 4 is 17.6 Å². The first-order chi connectivity index (χ1) is 19.3. The lowest BCUT2D eigenvalue weighted by atomic mass is 9.85. The largest absolute Gasteiger partial charge is 0.497 e. The van der Waals surface area contributed by atoms with Crippen molar-refractivity contribution in [2.75, 3.05) is 44.7 Å². The minimum absolute atomic E-state index is 0.0602. The highest BCUT2D eigenvalue weighted by Gasteiger charge is 2.52. The van der Waals surface area contributed by atoms with Crippen LogP contribution in [0.25, 0.3) is 0 Å². The van der Waals surface area contributed by atoms with E-state index in [9.17, 15) is 18.4 Å². The average Bonchev–Trinajstić information content (AvgIpc) is 3.69. The van der Waals surface area contributed by atoms with Crippen LogP contribution in [0.1, 0.15) is 49.1 Å². The number of hydrogen-bond acceptors (Lipinski definition) is 5. The number of alkyl halides is 2. The lowest BCUT2D eigenvalue weighted by molar-refractivity contribution is -0.138. The predicted octanol–water partition coefficient (Wildman–Crippen LogP) is 4.13. The molecule has 1 unspecified atom stereocenters. The number of methoxy groups -OCH3 is 1. The van der Waals surface area contributed by atoms with Crippen molar-refractivity contribution in [1.29, 1.82) is 0 Å². The number of urea groups is 1. The zero-order valence-corrected chi connectivity index (χ0v) is 22.9. The molecule has 8 nitrogen and oxygen atoms in total. The van der Waals surface area contributed by atoms with E-state index in [1.807, 2.05) is 46.2 Å². The van der Waals surface area contributed by atoms with Crippen LogP contribution >= 0.6 is 0 Å². The van der Waals surface area contributed by atoms with Gasteiger partial charge in [-0.05, 0) is 54.7 Å². The number of hydrogen-bond donors (Lipinski definition) is 2. The standard InChI is InChI=1S/C30H37F2N5O3/c1-40-26-4-2-3-21(15-26)19-37-28(39)36(25-7-5-22(6-8-25)24-17-33-34-18-24)20-29(37)11-13-35(14-12-29)27(38)23-9-10-30(31,32)16-23/h2-8,15,23-24,33-34H,9-14,16-20H2,1H3. The SMILES string of the molecule is COc1cccc(CN2C(=O)N(c3ccc(C4CNNC4)cc3)CC23CCN(C(=O)C2CCC(F)(F)C2)CC3)c1. The summed E-state index contributed by atoms with van der Waals surface area (Å²) in [6.07, 6.45) is 0.873. The Labute approximate surface area is 233 Å². The van der Waals surface area contributed by atoms with E-state index in [2.05, 4.69) is 23.0 Å². The maximum atomic E-state index is 14.0. The fourth-order valence-corrected chi connectivity index (χ4v) is 6.80. The van der Waals surface area contributed by atoms with Crippen LogP contribution in [-0.2, 0) is 11.3 Å². The molecule has 40 heavy (non-hydrogen) atoms. The first kappa shape index (κ1) is 27.0. The Bertz CT molecular complexity index is 1240. The van der Waals surface area contributed by atoms with Gasteiger partial charge in [0.1, 0.15) is 5.75 Å². The highest BCUT2D eigenvalue weighted by Crippen LogP contribution is 2.43. The second-order valence-corrected chi connectivity index (χ2v) is 11.7. The maximum Gasteiger partial charge on any atom is 0.325 e. The van der Waals surface area contributed by atoms with E-state index >= 15 is 0 Å². The van der Waals surface area contributed by atoms with Gasteiger partial charge in [-0.2, -0.15) is 0 Å². The van der Waals surface area contributed by atoms with E-state index < -0.39 is 17.4 Å². The second kappa shape index (κ2) is 10.6. The second-order valence-electron chi connectivity index (χ2n) is 11.7. The Balaban J connectivity index is 1.22. The molecule has 214 valence electrons. The zero-order valence-electron chi connectivity index (χ0n) is 22.9. The normalized spacial score (nSPS) is 24.3. The van der Waals surface area contributed by atoms with Gasteiger partial charge in [0, 0.05) is 63.1 Å². The molecule has 4 aliphatic rings. The van der Waals surface area contributed by atoms with E-state index in [0.29, 0.717) is 44.9 Å². The molecule has 1 spiro atoms.